The number of nitrogens with one attached hydrogen (secondary N) is 1. The summed E-state index contributed by atoms with van der Waals surface area (Å²) < 4.78 is 0. The summed E-state index contributed by atoms with van der Waals surface area (Å²) in [6, 6.07) is 2.81. The number of aryl methyl sites for hydroxylation is 1. The van der Waals surface area contributed by atoms with Crippen LogP contribution in [0.3, 0.4) is 0 Å². The first kappa shape index (κ1) is 13.3. The van der Waals surface area contributed by atoms with Gasteiger partial charge in [-0.2, -0.15) is 0 Å². The van der Waals surface area contributed by atoms with Gasteiger partial charge in [0.15, 0.2) is 0 Å². The molecule has 1 N–H and O–H groups in total. The maximum absolute atomic E-state index is 4.68. The number of anilines is 1. The van der Waals surface area contributed by atoms with Crippen molar-refractivity contribution in [3.63, 3.8) is 0 Å². The molecular weight excluding hydrogens is 224 g/mol. The first-order valence-corrected chi connectivity index (χ1v) is 7.05. The minimum atomic E-state index is 0.724. The Labute approximate surface area is 110 Å². The third-order valence-electron chi connectivity index (χ3n) is 3.20. The van der Waals surface area contributed by atoms with Crippen molar-refractivity contribution in [2.45, 2.75) is 52.6 Å². The monoisotopic (exact) mass is 248 g/mol. The molecule has 1 aliphatic rings. The van der Waals surface area contributed by atoms with E-state index in [4.69, 9.17) is 0 Å². The molecule has 0 aliphatic heterocycles. The SMILES string of the molecule is CCCN(CC)c1nc(C)cc(CNC2CC2)n1. The second-order valence-electron chi connectivity index (χ2n) is 5.04. The molecule has 1 saturated carbocycles. The van der Waals surface area contributed by atoms with E-state index in [1.165, 1.54) is 12.8 Å². The van der Waals surface area contributed by atoms with Crippen LogP contribution in [0.4, 0.5) is 5.95 Å². The first-order chi connectivity index (χ1) is 8.72. The molecule has 0 aromatic carbocycles. The van der Waals surface area contributed by atoms with Gasteiger partial charge in [-0.3, -0.25) is 0 Å². The van der Waals surface area contributed by atoms with E-state index < -0.39 is 0 Å². The molecule has 0 bridgehead atoms. The second-order valence-corrected chi connectivity index (χ2v) is 5.04. The van der Waals surface area contributed by atoms with Crippen molar-refractivity contribution in [3.8, 4) is 0 Å². The van der Waals surface area contributed by atoms with Gasteiger partial charge in [0.2, 0.25) is 5.95 Å². The zero-order valence-corrected chi connectivity index (χ0v) is 11.7. The highest BCUT2D eigenvalue weighted by atomic mass is 15.2. The Kier molecular flexibility index (Phi) is 4.53. The standard InChI is InChI=1S/C14H24N4/c1-4-8-18(5-2)14-16-11(3)9-13(17-14)10-15-12-6-7-12/h9,12,15H,4-8,10H2,1-3H3. The number of hydrogen-bond donors (Lipinski definition) is 1. The smallest absolute Gasteiger partial charge is 0.225 e. The molecule has 1 aromatic rings. The van der Waals surface area contributed by atoms with Gasteiger partial charge in [0.1, 0.15) is 0 Å². The van der Waals surface area contributed by atoms with Crippen LogP contribution in [0.2, 0.25) is 0 Å². The van der Waals surface area contributed by atoms with Gasteiger partial charge in [-0.25, -0.2) is 9.97 Å². The van der Waals surface area contributed by atoms with Gasteiger partial charge in [0.25, 0.3) is 0 Å². The molecule has 0 saturated heterocycles. The molecule has 4 heteroatoms. The lowest BCUT2D eigenvalue weighted by Gasteiger charge is -2.21. The van der Waals surface area contributed by atoms with Gasteiger partial charge in [-0.15, -0.1) is 0 Å². The molecular formula is C14H24N4. The first-order valence-electron chi connectivity index (χ1n) is 7.05. The molecule has 1 fully saturated rings. The molecule has 1 aliphatic carbocycles. The van der Waals surface area contributed by atoms with Crippen LogP contribution in [-0.4, -0.2) is 29.1 Å². The predicted octanol–water partition coefficient (Wildman–Crippen LogP) is 2.27. The molecule has 1 aromatic heterocycles. The number of nitrogens with zero attached hydrogens (tertiary/aromatic N) is 3. The highest BCUT2D eigenvalue weighted by Crippen LogP contribution is 2.19. The van der Waals surface area contributed by atoms with E-state index in [9.17, 15) is 0 Å². The highest BCUT2D eigenvalue weighted by molar-refractivity contribution is 5.32. The normalized spacial score (nSPS) is 14.8. The van der Waals surface area contributed by atoms with Crippen molar-refractivity contribution >= 4 is 5.95 Å². The van der Waals surface area contributed by atoms with Crippen molar-refractivity contribution in [2.24, 2.45) is 0 Å². The Bertz CT molecular complexity index is 387. The summed E-state index contributed by atoms with van der Waals surface area (Å²) in [6.45, 7) is 9.25. The van der Waals surface area contributed by atoms with Crippen molar-refractivity contribution in [3.05, 3.63) is 17.5 Å². The summed E-state index contributed by atoms with van der Waals surface area (Å²) in [6.07, 6.45) is 3.75. The minimum Gasteiger partial charge on any atom is -0.341 e. The van der Waals surface area contributed by atoms with Crippen LogP contribution in [0.25, 0.3) is 0 Å². The van der Waals surface area contributed by atoms with Crippen molar-refractivity contribution in [1.82, 2.24) is 15.3 Å². The highest BCUT2D eigenvalue weighted by Gasteiger charge is 2.20. The Morgan fingerprint density at radius 2 is 2.11 bits per heavy atom. The van der Waals surface area contributed by atoms with Crippen LogP contribution in [0.15, 0.2) is 6.07 Å². The van der Waals surface area contributed by atoms with Crippen LogP contribution in [-0.2, 0) is 6.54 Å². The molecule has 100 valence electrons. The third-order valence-corrected chi connectivity index (χ3v) is 3.20. The molecule has 0 amide bonds. The Hall–Kier alpha value is -1.16. The lowest BCUT2D eigenvalue weighted by Crippen LogP contribution is -2.27. The summed E-state index contributed by atoms with van der Waals surface area (Å²) in [4.78, 5) is 11.5. The second kappa shape index (κ2) is 6.14. The maximum atomic E-state index is 4.68. The molecule has 1 heterocycles. The van der Waals surface area contributed by atoms with Gasteiger partial charge >= 0.3 is 0 Å². The summed E-state index contributed by atoms with van der Waals surface area (Å²) in [7, 11) is 0. The Balaban J connectivity index is 2.07. The molecule has 0 spiro atoms. The van der Waals surface area contributed by atoms with Crippen molar-refractivity contribution < 1.29 is 0 Å². The maximum Gasteiger partial charge on any atom is 0.225 e. The van der Waals surface area contributed by atoms with Gasteiger partial charge < -0.3 is 10.2 Å². The summed E-state index contributed by atoms with van der Waals surface area (Å²) in [5, 5.41) is 3.51. The number of rotatable bonds is 7. The quantitative estimate of drug-likeness (QED) is 0.803. The summed E-state index contributed by atoms with van der Waals surface area (Å²) in [5.74, 6) is 0.881. The Morgan fingerprint density at radius 3 is 2.72 bits per heavy atom. The van der Waals surface area contributed by atoms with Crippen LogP contribution < -0.4 is 10.2 Å². The molecule has 18 heavy (non-hydrogen) atoms. The fraction of sp³-hybridized carbons (Fsp3) is 0.714. The Morgan fingerprint density at radius 1 is 1.33 bits per heavy atom. The third kappa shape index (κ3) is 3.67. The van der Waals surface area contributed by atoms with E-state index in [0.717, 1.165) is 49.4 Å². The van der Waals surface area contributed by atoms with Crippen LogP contribution in [0, 0.1) is 6.92 Å². The largest absolute Gasteiger partial charge is 0.341 e. The molecule has 4 nitrogen and oxygen atoms in total. The lowest BCUT2D eigenvalue weighted by molar-refractivity contribution is 0.666. The van der Waals surface area contributed by atoms with Crippen LogP contribution in [0.5, 0.6) is 0 Å². The average Bonchev–Trinajstić information content (AvgIpc) is 3.16. The fourth-order valence-electron chi connectivity index (χ4n) is 2.05. The van der Waals surface area contributed by atoms with E-state index in [0.29, 0.717) is 0 Å². The summed E-state index contributed by atoms with van der Waals surface area (Å²) >= 11 is 0. The van der Waals surface area contributed by atoms with Gasteiger partial charge in [0, 0.05) is 31.4 Å². The van der Waals surface area contributed by atoms with Gasteiger partial charge in [-0.1, -0.05) is 6.92 Å². The van der Waals surface area contributed by atoms with E-state index in [-0.39, 0.29) is 0 Å². The van der Waals surface area contributed by atoms with E-state index >= 15 is 0 Å². The molecule has 0 unspecified atom stereocenters. The van der Waals surface area contributed by atoms with E-state index in [2.05, 4.69) is 40.1 Å². The minimum absolute atomic E-state index is 0.724. The zero-order valence-electron chi connectivity index (χ0n) is 11.7. The lowest BCUT2D eigenvalue weighted by atomic mass is 10.3. The topological polar surface area (TPSA) is 41.1 Å². The average molecular weight is 248 g/mol. The van der Waals surface area contributed by atoms with Gasteiger partial charge in [0.05, 0.1) is 5.69 Å². The number of hydrogen-bond acceptors (Lipinski definition) is 4. The van der Waals surface area contributed by atoms with E-state index in [1.807, 2.05) is 6.92 Å². The van der Waals surface area contributed by atoms with E-state index in [1.54, 1.807) is 0 Å². The zero-order chi connectivity index (χ0) is 13.0. The van der Waals surface area contributed by atoms with Crippen molar-refractivity contribution in [1.29, 1.82) is 0 Å². The predicted molar refractivity (Wildman–Crippen MR) is 74.8 cm³/mol. The molecule has 0 atom stereocenters. The summed E-state index contributed by atoms with van der Waals surface area (Å²) in [5.41, 5.74) is 2.17. The van der Waals surface area contributed by atoms with Gasteiger partial charge in [-0.05, 0) is 39.2 Å². The van der Waals surface area contributed by atoms with Crippen molar-refractivity contribution in [2.75, 3.05) is 18.0 Å². The number of aromatic nitrogens is 2. The molecule has 0 radical (unpaired) electrons. The van der Waals surface area contributed by atoms with Crippen LogP contribution >= 0.6 is 0 Å². The van der Waals surface area contributed by atoms with Crippen LogP contribution in [0.1, 0.15) is 44.5 Å². The molecule has 2 rings (SSSR count). The fourth-order valence-corrected chi connectivity index (χ4v) is 2.05.